The number of hydrogen-bond acceptors (Lipinski definition) is 4. The fourth-order valence-electron chi connectivity index (χ4n) is 2.72. The Bertz CT molecular complexity index is 742. The number of amides is 1. The highest BCUT2D eigenvalue weighted by Crippen LogP contribution is 2.27. The Morgan fingerprint density at radius 3 is 2.69 bits per heavy atom. The van der Waals surface area contributed by atoms with Crippen molar-refractivity contribution in [1.29, 1.82) is 0 Å². The van der Waals surface area contributed by atoms with Crippen LogP contribution in [-0.4, -0.2) is 31.8 Å². The summed E-state index contributed by atoms with van der Waals surface area (Å²) in [4.78, 5) is 12.4. The standard InChI is InChI=1S/C20H22BrNO4/c1-2-24-16-8-6-15(7-9-16)22-20(23)14-5-10-19(18(21)12-14)26-13-17-4-3-11-25-17/h5-10,12,17H,2-4,11,13H2,1H3,(H,22,23). The molecule has 138 valence electrons. The van der Waals surface area contributed by atoms with Crippen molar-refractivity contribution in [2.24, 2.45) is 0 Å². The largest absolute Gasteiger partial charge is 0.494 e. The van der Waals surface area contributed by atoms with Crippen LogP contribution in [0.25, 0.3) is 0 Å². The summed E-state index contributed by atoms with van der Waals surface area (Å²) >= 11 is 3.47. The lowest BCUT2D eigenvalue weighted by molar-refractivity contribution is 0.0677. The van der Waals surface area contributed by atoms with E-state index in [2.05, 4.69) is 21.2 Å². The van der Waals surface area contributed by atoms with Crippen LogP contribution < -0.4 is 14.8 Å². The van der Waals surface area contributed by atoms with Crippen molar-refractivity contribution in [3.8, 4) is 11.5 Å². The van der Waals surface area contributed by atoms with Gasteiger partial charge >= 0.3 is 0 Å². The normalized spacial score (nSPS) is 16.3. The molecule has 1 amide bonds. The molecule has 0 bridgehead atoms. The average molecular weight is 420 g/mol. The van der Waals surface area contributed by atoms with Gasteiger partial charge in [0.05, 0.1) is 17.2 Å². The summed E-state index contributed by atoms with van der Waals surface area (Å²) < 4.78 is 17.5. The molecule has 0 saturated carbocycles. The van der Waals surface area contributed by atoms with Crippen molar-refractivity contribution in [2.45, 2.75) is 25.9 Å². The maximum absolute atomic E-state index is 12.4. The Labute approximate surface area is 161 Å². The van der Waals surface area contributed by atoms with E-state index in [1.807, 2.05) is 31.2 Å². The first-order valence-corrected chi connectivity index (χ1v) is 9.53. The van der Waals surface area contributed by atoms with Gasteiger partial charge in [0, 0.05) is 17.9 Å². The molecule has 1 atom stereocenters. The topological polar surface area (TPSA) is 56.8 Å². The minimum absolute atomic E-state index is 0.157. The summed E-state index contributed by atoms with van der Waals surface area (Å²) in [6, 6.07) is 12.6. The Balaban J connectivity index is 1.59. The second-order valence-electron chi connectivity index (χ2n) is 6.00. The van der Waals surface area contributed by atoms with Gasteiger partial charge in [-0.1, -0.05) is 0 Å². The summed E-state index contributed by atoms with van der Waals surface area (Å²) in [6.45, 7) is 3.87. The number of rotatable bonds is 7. The lowest BCUT2D eigenvalue weighted by Crippen LogP contribution is -2.16. The quantitative estimate of drug-likeness (QED) is 0.708. The highest BCUT2D eigenvalue weighted by molar-refractivity contribution is 9.10. The third-order valence-corrected chi connectivity index (χ3v) is 4.69. The number of carbonyl (C=O) groups excluding carboxylic acids is 1. The average Bonchev–Trinajstić information content (AvgIpc) is 3.16. The van der Waals surface area contributed by atoms with Crippen molar-refractivity contribution >= 4 is 27.5 Å². The Morgan fingerprint density at radius 1 is 1.23 bits per heavy atom. The molecule has 1 aliphatic rings. The van der Waals surface area contributed by atoms with Crippen LogP contribution in [0.1, 0.15) is 30.1 Å². The van der Waals surface area contributed by atoms with Crippen LogP contribution in [0.3, 0.4) is 0 Å². The van der Waals surface area contributed by atoms with Gasteiger partial charge in [0.1, 0.15) is 18.1 Å². The molecule has 1 aliphatic heterocycles. The molecule has 0 aliphatic carbocycles. The Morgan fingerprint density at radius 2 is 2.04 bits per heavy atom. The molecule has 1 saturated heterocycles. The lowest BCUT2D eigenvalue weighted by Gasteiger charge is -2.13. The number of halogens is 1. The number of carbonyl (C=O) groups is 1. The summed E-state index contributed by atoms with van der Waals surface area (Å²) in [5, 5.41) is 2.87. The Hall–Kier alpha value is -2.05. The van der Waals surface area contributed by atoms with Gasteiger partial charge < -0.3 is 19.5 Å². The fraction of sp³-hybridized carbons (Fsp3) is 0.350. The van der Waals surface area contributed by atoms with Crippen LogP contribution in [0.2, 0.25) is 0 Å². The molecular formula is C20H22BrNO4. The number of anilines is 1. The van der Waals surface area contributed by atoms with Gasteiger partial charge in [-0.15, -0.1) is 0 Å². The zero-order chi connectivity index (χ0) is 18.4. The molecule has 1 unspecified atom stereocenters. The molecule has 6 heteroatoms. The SMILES string of the molecule is CCOc1ccc(NC(=O)c2ccc(OCC3CCCO3)c(Br)c2)cc1. The van der Waals surface area contributed by atoms with E-state index >= 15 is 0 Å². The zero-order valence-electron chi connectivity index (χ0n) is 14.7. The molecule has 1 N–H and O–H groups in total. The fourth-order valence-corrected chi connectivity index (χ4v) is 3.22. The van der Waals surface area contributed by atoms with Gasteiger partial charge in [-0.2, -0.15) is 0 Å². The summed E-state index contributed by atoms with van der Waals surface area (Å²) in [6.07, 6.45) is 2.27. The van der Waals surface area contributed by atoms with E-state index in [-0.39, 0.29) is 12.0 Å². The van der Waals surface area contributed by atoms with Gasteiger partial charge in [-0.3, -0.25) is 4.79 Å². The molecule has 0 spiro atoms. The first-order valence-electron chi connectivity index (χ1n) is 8.74. The van der Waals surface area contributed by atoms with Crippen LogP contribution in [0.15, 0.2) is 46.9 Å². The second-order valence-corrected chi connectivity index (χ2v) is 6.86. The van der Waals surface area contributed by atoms with E-state index in [9.17, 15) is 4.79 Å². The van der Waals surface area contributed by atoms with E-state index in [1.165, 1.54) is 0 Å². The summed E-state index contributed by atoms with van der Waals surface area (Å²) in [5.74, 6) is 1.31. The van der Waals surface area contributed by atoms with E-state index in [1.54, 1.807) is 18.2 Å². The first kappa shape index (κ1) is 18.7. The Kier molecular flexibility index (Phi) is 6.52. The molecule has 2 aromatic rings. The van der Waals surface area contributed by atoms with Crippen molar-refractivity contribution in [3.63, 3.8) is 0 Å². The first-order chi connectivity index (χ1) is 12.7. The van der Waals surface area contributed by atoms with Gasteiger partial charge in [0.2, 0.25) is 0 Å². The molecule has 2 aromatic carbocycles. The van der Waals surface area contributed by atoms with E-state index < -0.39 is 0 Å². The highest BCUT2D eigenvalue weighted by Gasteiger charge is 2.17. The van der Waals surface area contributed by atoms with Crippen molar-refractivity contribution < 1.29 is 19.0 Å². The molecule has 1 fully saturated rings. The summed E-state index contributed by atoms with van der Waals surface area (Å²) in [5.41, 5.74) is 1.27. The maximum Gasteiger partial charge on any atom is 0.255 e. The van der Waals surface area contributed by atoms with Crippen LogP contribution in [0, 0.1) is 0 Å². The molecule has 0 radical (unpaired) electrons. The number of hydrogen-bond donors (Lipinski definition) is 1. The van der Waals surface area contributed by atoms with Gasteiger partial charge in [-0.05, 0) is 78.2 Å². The predicted octanol–water partition coefficient (Wildman–Crippen LogP) is 4.66. The van der Waals surface area contributed by atoms with E-state index in [0.717, 1.165) is 29.7 Å². The second kappa shape index (κ2) is 9.05. The van der Waals surface area contributed by atoms with Crippen LogP contribution in [-0.2, 0) is 4.74 Å². The van der Waals surface area contributed by atoms with Crippen molar-refractivity contribution in [3.05, 3.63) is 52.5 Å². The van der Waals surface area contributed by atoms with E-state index in [4.69, 9.17) is 14.2 Å². The minimum atomic E-state index is -0.180. The smallest absolute Gasteiger partial charge is 0.255 e. The van der Waals surface area contributed by atoms with Crippen molar-refractivity contribution in [2.75, 3.05) is 25.1 Å². The molecule has 5 nitrogen and oxygen atoms in total. The van der Waals surface area contributed by atoms with Crippen LogP contribution in [0.5, 0.6) is 11.5 Å². The minimum Gasteiger partial charge on any atom is -0.494 e. The third kappa shape index (κ3) is 4.99. The number of ether oxygens (including phenoxy) is 3. The monoisotopic (exact) mass is 419 g/mol. The van der Waals surface area contributed by atoms with Crippen molar-refractivity contribution in [1.82, 2.24) is 0 Å². The van der Waals surface area contributed by atoms with Gasteiger partial charge in [-0.25, -0.2) is 0 Å². The summed E-state index contributed by atoms with van der Waals surface area (Å²) in [7, 11) is 0. The number of benzene rings is 2. The third-order valence-electron chi connectivity index (χ3n) is 4.07. The van der Waals surface area contributed by atoms with E-state index in [0.29, 0.717) is 30.2 Å². The highest BCUT2D eigenvalue weighted by atomic mass is 79.9. The molecule has 3 rings (SSSR count). The molecule has 0 aromatic heterocycles. The molecular weight excluding hydrogens is 398 g/mol. The molecule has 1 heterocycles. The molecule has 26 heavy (non-hydrogen) atoms. The predicted molar refractivity (Wildman–Crippen MR) is 104 cm³/mol. The van der Waals surface area contributed by atoms with Crippen LogP contribution >= 0.6 is 15.9 Å². The maximum atomic E-state index is 12.4. The van der Waals surface area contributed by atoms with Gasteiger partial charge in [0.25, 0.3) is 5.91 Å². The van der Waals surface area contributed by atoms with Gasteiger partial charge in [0.15, 0.2) is 0 Å². The number of nitrogens with one attached hydrogen (secondary N) is 1. The lowest BCUT2D eigenvalue weighted by atomic mass is 10.2. The zero-order valence-corrected chi connectivity index (χ0v) is 16.3. The van der Waals surface area contributed by atoms with Crippen LogP contribution in [0.4, 0.5) is 5.69 Å².